The van der Waals surface area contributed by atoms with E-state index in [9.17, 15) is 9.59 Å². The smallest absolute Gasteiger partial charge is 0.239 e. The molecule has 0 aromatic rings. The van der Waals surface area contributed by atoms with Crippen molar-refractivity contribution in [3.05, 3.63) is 0 Å². The van der Waals surface area contributed by atoms with E-state index in [1.54, 1.807) is 0 Å². The second-order valence-electron chi connectivity index (χ2n) is 2.41. The van der Waals surface area contributed by atoms with E-state index in [2.05, 4.69) is 10.6 Å². The van der Waals surface area contributed by atoms with E-state index >= 15 is 0 Å². The lowest BCUT2D eigenvalue weighted by Gasteiger charge is -2.04. The van der Waals surface area contributed by atoms with E-state index in [0.29, 0.717) is 13.0 Å². The molecular formula is C7H15N3O3. The van der Waals surface area contributed by atoms with Crippen LogP contribution in [0.5, 0.6) is 0 Å². The summed E-state index contributed by atoms with van der Waals surface area (Å²) < 4.78 is 0. The number of aliphatic hydroxyl groups is 1. The number of hydrogen-bond acceptors (Lipinski definition) is 4. The summed E-state index contributed by atoms with van der Waals surface area (Å²) in [6, 6.07) is 0. The summed E-state index contributed by atoms with van der Waals surface area (Å²) in [6.07, 6.45) is 0.510. The second-order valence-corrected chi connectivity index (χ2v) is 2.41. The number of amides is 2. The lowest BCUT2D eigenvalue weighted by molar-refractivity contribution is -0.125. The Balaban J connectivity index is 3.35. The van der Waals surface area contributed by atoms with E-state index in [0.717, 1.165) is 0 Å². The fourth-order valence-electron chi connectivity index (χ4n) is 0.620. The van der Waals surface area contributed by atoms with E-state index in [-0.39, 0.29) is 31.5 Å². The van der Waals surface area contributed by atoms with Gasteiger partial charge in [-0.2, -0.15) is 0 Å². The highest BCUT2D eigenvalue weighted by atomic mass is 16.3. The summed E-state index contributed by atoms with van der Waals surface area (Å²) in [5, 5.41) is 13.2. The minimum Gasteiger partial charge on any atom is -0.396 e. The summed E-state index contributed by atoms with van der Waals surface area (Å²) in [7, 11) is 0. The first-order valence-corrected chi connectivity index (χ1v) is 4.05. The zero-order chi connectivity index (χ0) is 10.1. The van der Waals surface area contributed by atoms with Gasteiger partial charge in [0.2, 0.25) is 11.8 Å². The molecule has 0 aliphatic heterocycles. The molecule has 0 heterocycles. The molecule has 0 aliphatic rings. The molecule has 0 rings (SSSR count). The molecule has 0 bridgehead atoms. The first-order valence-electron chi connectivity index (χ1n) is 4.05. The number of rotatable bonds is 6. The molecule has 76 valence electrons. The van der Waals surface area contributed by atoms with Crippen molar-refractivity contribution in [1.82, 2.24) is 10.6 Å². The summed E-state index contributed by atoms with van der Waals surface area (Å²) in [6.45, 7) is 0.259. The van der Waals surface area contributed by atoms with Crippen LogP contribution >= 0.6 is 0 Å². The molecule has 0 spiro atoms. The minimum atomic E-state index is -0.364. The van der Waals surface area contributed by atoms with Gasteiger partial charge in [0.25, 0.3) is 0 Å². The minimum absolute atomic E-state index is 0.0371. The third-order valence-corrected chi connectivity index (χ3v) is 1.29. The van der Waals surface area contributed by atoms with Crippen LogP contribution in [0.4, 0.5) is 0 Å². The van der Waals surface area contributed by atoms with Gasteiger partial charge in [-0.1, -0.05) is 0 Å². The van der Waals surface area contributed by atoms with Crippen molar-refractivity contribution in [1.29, 1.82) is 0 Å². The molecule has 0 radical (unpaired) electrons. The van der Waals surface area contributed by atoms with Gasteiger partial charge in [0.15, 0.2) is 0 Å². The van der Waals surface area contributed by atoms with E-state index < -0.39 is 0 Å². The van der Waals surface area contributed by atoms with E-state index in [4.69, 9.17) is 10.8 Å². The average molecular weight is 189 g/mol. The monoisotopic (exact) mass is 189 g/mol. The highest BCUT2D eigenvalue weighted by Gasteiger charge is 2.01. The molecule has 0 fully saturated rings. The molecule has 5 N–H and O–H groups in total. The van der Waals surface area contributed by atoms with Gasteiger partial charge in [0.05, 0.1) is 13.1 Å². The average Bonchev–Trinajstić information content (AvgIpc) is 2.14. The fraction of sp³-hybridized carbons (Fsp3) is 0.714. The zero-order valence-corrected chi connectivity index (χ0v) is 7.38. The molecule has 0 atom stereocenters. The number of nitrogens with one attached hydrogen (secondary N) is 2. The number of carbonyl (C=O) groups is 2. The Morgan fingerprint density at radius 2 is 1.92 bits per heavy atom. The third-order valence-electron chi connectivity index (χ3n) is 1.29. The lowest BCUT2D eigenvalue weighted by atomic mass is 10.4. The van der Waals surface area contributed by atoms with Gasteiger partial charge in [-0.15, -0.1) is 0 Å². The van der Waals surface area contributed by atoms with Crippen molar-refractivity contribution in [3.63, 3.8) is 0 Å². The third kappa shape index (κ3) is 7.23. The maximum Gasteiger partial charge on any atom is 0.239 e. The molecule has 0 unspecified atom stereocenters. The van der Waals surface area contributed by atoms with Crippen LogP contribution in [-0.2, 0) is 9.59 Å². The van der Waals surface area contributed by atoms with Crippen LogP contribution in [0.2, 0.25) is 0 Å². The van der Waals surface area contributed by atoms with Gasteiger partial charge in [0, 0.05) is 13.2 Å². The van der Waals surface area contributed by atoms with Gasteiger partial charge in [-0.05, 0) is 6.42 Å². The van der Waals surface area contributed by atoms with Gasteiger partial charge >= 0.3 is 0 Å². The van der Waals surface area contributed by atoms with Crippen LogP contribution in [0.3, 0.4) is 0 Å². The lowest BCUT2D eigenvalue weighted by Crippen LogP contribution is -2.39. The van der Waals surface area contributed by atoms with Crippen LogP contribution in [0.1, 0.15) is 6.42 Å². The first kappa shape index (κ1) is 11.9. The van der Waals surface area contributed by atoms with Crippen molar-refractivity contribution in [2.75, 3.05) is 26.2 Å². The van der Waals surface area contributed by atoms with Crippen LogP contribution in [-0.4, -0.2) is 43.2 Å². The number of hydrogen-bond donors (Lipinski definition) is 4. The molecule has 0 saturated heterocycles. The molecule has 0 aliphatic carbocycles. The fourth-order valence-corrected chi connectivity index (χ4v) is 0.620. The van der Waals surface area contributed by atoms with Crippen LogP contribution < -0.4 is 16.4 Å². The Bertz CT molecular complexity index is 172. The van der Waals surface area contributed by atoms with Crippen LogP contribution in [0.25, 0.3) is 0 Å². The Morgan fingerprint density at radius 3 is 2.46 bits per heavy atom. The standard InChI is InChI=1S/C7H15N3O3/c8-4-6(12)10-5-7(13)9-2-1-3-11/h11H,1-5,8H2,(H,9,13)(H,10,12). The van der Waals surface area contributed by atoms with Gasteiger partial charge in [-0.3, -0.25) is 9.59 Å². The normalized spacial score (nSPS) is 9.38. The topological polar surface area (TPSA) is 104 Å². The van der Waals surface area contributed by atoms with E-state index in [1.165, 1.54) is 0 Å². The molecule has 6 heteroatoms. The summed E-state index contributed by atoms with van der Waals surface area (Å²) in [5.74, 6) is -0.646. The second kappa shape index (κ2) is 7.51. The predicted octanol–water partition coefficient (Wildman–Crippen LogP) is -2.44. The largest absolute Gasteiger partial charge is 0.396 e. The number of carbonyl (C=O) groups excluding carboxylic acids is 2. The van der Waals surface area contributed by atoms with Gasteiger partial charge in [-0.25, -0.2) is 0 Å². The van der Waals surface area contributed by atoms with Gasteiger partial charge < -0.3 is 21.5 Å². The molecule has 2 amide bonds. The molecule has 0 saturated carbocycles. The summed E-state index contributed by atoms with van der Waals surface area (Å²) >= 11 is 0. The van der Waals surface area contributed by atoms with Crippen molar-refractivity contribution in [2.24, 2.45) is 5.73 Å². The van der Waals surface area contributed by atoms with Gasteiger partial charge in [0.1, 0.15) is 0 Å². The van der Waals surface area contributed by atoms with Crippen LogP contribution in [0.15, 0.2) is 0 Å². The highest BCUT2D eigenvalue weighted by molar-refractivity contribution is 5.85. The Hall–Kier alpha value is -1.14. The molecule has 0 aromatic heterocycles. The number of nitrogens with two attached hydrogens (primary N) is 1. The number of aliphatic hydroxyl groups excluding tert-OH is 1. The summed E-state index contributed by atoms with van der Waals surface area (Å²) in [4.78, 5) is 21.5. The van der Waals surface area contributed by atoms with E-state index in [1.807, 2.05) is 0 Å². The Kier molecular flexibility index (Phi) is 6.85. The molecule has 0 aromatic carbocycles. The molecule has 13 heavy (non-hydrogen) atoms. The maximum atomic E-state index is 10.9. The van der Waals surface area contributed by atoms with Crippen molar-refractivity contribution in [2.45, 2.75) is 6.42 Å². The summed E-state index contributed by atoms with van der Waals surface area (Å²) in [5.41, 5.74) is 5.00. The molecule has 6 nitrogen and oxygen atoms in total. The highest BCUT2D eigenvalue weighted by Crippen LogP contribution is 1.72. The van der Waals surface area contributed by atoms with Crippen molar-refractivity contribution in [3.8, 4) is 0 Å². The molecular weight excluding hydrogens is 174 g/mol. The first-order chi connectivity index (χ1) is 6.20. The Morgan fingerprint density at radius 1 is 1.23 bits per heavy atom. The van der Waals surface area contributed by atoms with Crippen LogP contribution in [0, 0.1) is 0 Å². The van der Waals surface area contributed by atoms with Crippen molar-refractivity contribution >= 4 is 11.8 Å². The maximum absolute atomic E-state index is 10.9. The predicted molar refractivity (Wildman–Crippen MR) is 46.8 cm³/mol. The Labute approximate surface area is 76.5 Å². The van der Waals surface area contributed by atoms with Crippen molar-refractivity contribution < 1.29 is 14.7 Å². The quantitative estimate of drug-likeness (QED) is 0.348. The SMILES string of the molecule is NCC(=O)NCC(=O)NCCCO. The zero-order valence-electron chi connectivity index (χ0n) is 7.38.